The molecule has 5 nitrogen and oxygen atoms in total. The van der Waals surface area contributed by atoms with Crippen molar-refractivity contribution in [3.8, 4) is 0 Å². The molecule has 3 heterocycles. The number of carbonyl (C=O) groups is 1. The van der Waals surface area contributed by atoms with Gasteiger partial charge in [0.15, 0.2) is 0 Å². The number of likely N-dealkylation sites (tertiary alicyclic amines) is 1. The van der Waals surface area contributed by atoms with Gasteiger partial charge in [0, 0.05) is 30.9 Å². The number of rotatable bonds is 3. The number of nitrogens with zero attached hydrogens (tertiary/aromatic N) is 3. The molecule has 1 saturated carbocycles. The molecule has 1 spiro atoms. The van der Waals surface area contributed by atoms with Gasteiger partial charge < -0.3 is 14.2 Å². The van der Waals surface area contributed by atoms with E-state index >= 15 is 0 Å². The van der Waals surface area contributed by atoms with Crippen molar-refractivity contribution in [2.45, 2.75) is 32.2 Å². The van der Waals surface area contributed by atoms with Gasteiger partial charge in [0.2, 0.25) is 5.91 Å². The quantitative estimate of drug-likeness (QED) is 0.819. The number of benzene rings is 1. The number of carbonyl (C=O) groups excluding carboxylic acids is 1. The smallest absolute Gasteiger partial charge is 0.226 e. The lowest BCUT2D eigenvalue weighted by molar-refractivity contribution is -0.133. The zero-order valence-corrected chi connectivity index (χ0v) is 16.9. The second kappa shape index (κ2) is 7.20. The van der Waals surface area contributed by atoms with Gasteiger partial charge in [0.1, 0.15) is 11.3 Å². The van der Waals surface area contributed by atoms with Crippen LogP contribution in [0.2, 0.25) is 0 Å². The molecule has 2 aliphatic heterocycles. The van der Waals surface area contributed by atoms with Crippen LogP contribution in [0.25, 0.3) is 11.0 Å². The summed E-state index contributed by atoms with van der Waals surface area (Å²) in [6.07, 6.45) is 4.51. The summed E-state index contributed by atoms with van der Waals surface area (Å²) in [5.74, 6) is 1.76. The van der Waals surface area contributed by atoms with Crippen LogP contribution in [-0.2, 0) is 11.3 Å². The zero-order chi connectivity index (χ0) is 19.1. The number of hydrogen-bond donors (Lipinski definition) is 0. The largest absolute Gasteiger partial charge is 0.460 e. The molecule has 1 aromatic carbocycles. The minimum atomic E-state index is 0.282. The average Bonchev–Trinajstić information content (AvgIpc) is 3.32. The number of likely N-dealkylation sites (N-methyl/N-ethyl adjacent to an activating group) is 1. The number of piperidine rings is 1. The maximum Gasteiger partial charge on any atom is 0.226 e. The minimum absolute atomic E-state index is 0.282. The van der Waals surface area contributed by atoms with Crippen molar-refractivity contribution in [2.24, 2.45) is 11.3 Å². The fraction of sp³-hybridized carbons (Fsp3) is 0.609. The predicted molar refractivity (Wildman–Crippen MR) is 110 cm³/mol. The van der Waals surface area contributed by atoms with Crippen molar-refractivity contribution in [3.63, 3.8) is 0 Å². The fourth-order valence-corrected chi connectivity index (χ4v) is 5.23. The highest BCUT2D eigenvalue weighted by Gasteiger charge is 2.59. The van der Waals surface area contributed by atoms with E-state index in [-0.39, 0.29) is 5.92 Å². The summed E-state index contributed by atoms with van der Waals surface area (Å²) in [7, 11) is 2.16. The Labute approximate surface area is 167 Å². The first-order valence-electron chi connectivity index (χ1n) is 10.8. The van der Waals surface area contributed by atoms with Crippen molar-refractivity contribution < 1.29 is 9.21 Å². The molecule has 2 saturated heterocycles. The lowest BCUT2D eigenvalue weighted by atomic mass is 9.90. The lowest BCUT2D eigenvalue weighted by Gasteiger charge is -2.33. The fourth-order valence-electron chi connectivity index (χ4n) is 5.23. The van der Waals surface area contributed by atoms with Crippen LogP contribution < -0.4 is 0 Å². The third-order valence-corrected chi connectivity index (χ3v) is 7.23. The van der Waals surface area contributed by atoms with Gasteiger partial charge in [-0.1, -0.05) is 18.2 Å². The normalized spacial score (nSPS) is 25.9. The first kappa shape index (κ1) is 18.2. The third-order valence-electron chi connectivity index (χ3n) is 7.23. The van der Waals surface area contributed by atoms with Crippen molar-refractivity contribution >= 4 is 16.9 Å². The van der Waals surface area contributed by atoms with Crippen molar-refractivity contribution in [1.29, 1.82) is 0 Å². The van der Waals surface area contributed by atoms with Crippen LogP contribution in [0.15, 0.2) is 34.7 Å². The molecule has 150 valence electrons. The van der Waals surface area contributed by atoms with E-state index < -0.39 is 0 Å². The molecule has 0 N–H and O–H groups in total. The van der Waals surface area contributed by atoms with Gasteiger partial charge in [-0.3, -0.25) is 9.69 Å². The summed E-state index contributed by atoms with van der Waals surface area (Å²) in [5, 5.41) is 1.18. The molecule has 3 fully saturated rings. The first-order valence-corrected chi connectivity index (χ1v) is 10.8. The highest BCUT2D eigenvalue weighted by molar-refractivity contribution is 5.83. The second-order valence-corrected chi connectivity index (χ2v) is 9.13. The molecule has 2 aromatic rings. The molecule has 3 aliphatic rings. The van der Waals surface area contributed by atoms with Crippen LogP contribution in [0.3, 0.4) is 0 Å². The van der Waals surface area contributed by atoms with E-state index in [4.69, 9.17) is 4.42 Å². The van der Waals surface area contributed by atoms with Crippen molar-refractivity contribution in [3.05, 3.63) is 36.1 Å². The topological polar surface area (TPSA) is 39.9 Å². The molecule has 0 radical (unpaired) electrons. The second-order valence-electron chi connectivity index (χ2n) is 9.13. The Morgan fingerprint density at radius 1 is 1.11 bits per heavy atom. The Hall–Kier alpha value is -1.85. The zero-order valence-electron chi connectivity index (χ0n) is 16.9. The molecule has 5 heteroatoms. The Bertz CT molecular complexity index is 819. The summed E-state index contributed by atoms with van der Waals surface area (Å²) < 4.78 is 5.99. The van der Waals surface area contributed by atoms with Gasteiger partial charge in [0.05, 0.1) is 6.54 Å². The average molecular weight is 382 g/mol. The van der Waals surface area contributed by atoms with E-state index in [0.717, 1.165) is 82.8 Å². The van der Waals surface area contributed by atoms with Crippen LogP contribution in [0.5, 0.6) is 0 Å². The molecule has 1 unspecified atom stereocenters. The van der Waals surface area contributed by atoms with E-state index in [1.165, 1.54) is 5.39 Å². The van der Waals surface area contributed by atoms with Crippen LogP contribution in [0.1, 0.15) is 31.4 Å². The maximum absolute atomic E-state index is 13.0. The van der Waals surface area contributed by atoms with Crippen LogP contribution in [0, 0.1) is 11.3 Å². The Morgan fingerprint density at radius 3 is 2.75 bits per heavy atom. The highest BCUT2D eigenvalue weighted by Crippen LogP contribution is 2.60. The van der Waals surface area contributed by atoms with Crippen molar-refractivity contribution in [2.75, 3.05) is 46.3 Å². The standard InChI is InChI=1S/C23H31N3O2/c1-24-9-4-10-26(14-13-24)22(27)20-16-23(20)7-11-25(12-8-23)17-19-15-18-5-2-3-6-21(18)28-19/h2-3,5-6,15,20H,4,7-14,16-17H2,1H3. The van der Waals surface area contributed by atoms with Crippen LogP contribution in [-0.4, -0.2) is 66.9 Å². The first-order chi connectivity index (χ1) is 13.6. The van der Waals surface area contributed by atoms with E-state index in [9.17, 15) is 4.79 Å². The molecule has 5 rings (SSSR count). The summed E-state index contributed by atoms with van der Waals surface area (Å²) in [5.41, 5.74) is 1.27. The van der Waals surface area contributed by atoms with Crippen LogP contribution in [0.4, 0.5) is 0 Å². The highest BCUT2D eigenvalue weighted by atomic mass is 16.3. The number of fused-ring (bicyclic) bond motifs is 1. The molecular formula is C23H31N3O2. The minimum Gasteiger partial charge on any atom is -0.460 e. The molecule has 0 bridgehead atoms. The number of furan rings is 1. The molecule has 28 heavy (non-hydrogen) atoms. The Balaban J connectivity index is 1.15. The molecule has 1 aliphatic carbocycles. The summed E-state index contributed by atoms with van der Waals surface area (Å²) in [6, 6.07) is 10.4. The van der Waals surface area contributed by atoms with Gasteiger partial charge in [0.25, 0.3) is 0 Å². The number of hydrogen-bond acceptors (Lipinski definition) is 4. The van der Waals surface area contributed by atoms with Gasteiger partial charge in [-0.15, -0.1) is 0 Å². The predicted octanol–water partition coefficient (Wildman–Crippen LogP) is 3.20. The SMILES string of the molecule is CN1CCCN(C(=O)C2CC23CCN(Cc2cc4ccccc4o2)CC3)CC1. The summed E-state index contributed by atoms with van der Waals surface area (Å²) >= 11 is 0. The van der Waals surface area contributed by atoms with Gasteiger partial charge in [-0.2, -0.15) is 0 Å². The third kappa shape index (κ3) is 3.46. The number of para-hydroxylation sites is 1. The maximum atomic E-state index is 13.0. The van der Waals surface area contributed by atoms with E-state index in [1.54, 1.807) is 0 Å². The molecule has 1 atom stereocenters. The van der Waals surface area contributed by atoms with Gasteiger partial charge in [-0.25, -0.2) is 0 Å². The van der Waals surface area contributed by atoms with E-state index in [1.807, 2.05) is 12.1 Å². The van der Waals surface area contributed by atoms with E-state index in [0.29, 0.717) is 11.3 Å². The molecule has 1 aromatic heterocycles. The van der Waals surface area contributed by atoms with Crippen LogP contribution >= 0.6 is 0 Å². The van der Waals surface area contributed by atoms with E-state index in [2.05, 4.69) is 39.9 Å². The summed E-state index contributed by atoms with van der Waals surface area (Å²) in [6.45, 7) is 6.98. The number of amides is 1. The molecular weight excluding hydrogens is 350 g/mol. The Kier molecular flexibility index (Phi) is 4.68. The van der Waals surface area contributed by atoms with Gasteiger partial charge in [-0.05, 0) is 69.9 Å². The lowest BCUT2D eigenvalue weighted by Crippen LogP contribution is -2.39. The summed E-state index contributed by atoms with van der Waals surface area (Å²) in [4.78, 5) is 20.0. The van der Waals surface area contributed by atoms with Crippen molar-refractivity contribution in [1.82, 2.24) is 14.7 Å². The monoisotopic (exact) mass is 381 g/mol. The van der Waals surface area contributed by atoms with Gasteiger partial charge >= 0.3 is 0 Å². The molecule has 1 amide bonds. The Morgan fingerprint density at radius 2 is 1.93 bits per heavy atom.